The number of carbonyl (C=O) groups is 1. The molecule has 0 saturated carbocycles. The molecular weight excluding hydrogens is 283 g/mol. The molecule has 0 bridgehead atoms. The van der Waals surface area contributed by atoms with Crippen molar-refractivity contribution in [2.24, 2.45) is 0 Å². The lowest BCUT2D eigenvalue weighted by Crippen LogP contribution is -2.14. The van der Waals surface area contributed by atoms with Gasteiger partial charge in [0.2, 0.25) is 0 Å². The third-order valence-electron chi connectivity index (χ3n) is 3.49. The molecule has 0 aliphatic carbocycles. The highest BCUT2D eigenvalue weighted by molar-refractivity contribution is 6.06. The average Bonchev–Trinajstić information content (AvgIpc) is 2.90. The average molecular weight is 298 g/mol. The summed E-state index contributed by atoms with van der Waals surface area (Å²) >= 11 is 0. The first-order valence-corrected chi connectivity index (χ1v) is 6.91. The fourth-order valence-corrected chi connectivity index (χ4v) is 2.39. The molecule has 4 nitrogen and oxygen atoms in total. The van der Waals surface area contributed by atoms with Gasteiger partial charge in [0.25, 0.3) is 5.91 Å². The van der Waals surface area contributed by atoms with Gasteiger partial charge in [0.1, 0.15) is 11.5 Å². The molecule has 2 aromatic carbocycles. The Kier molecular flexibility index (Phi) is 3.65. The number of benzene rings is 2. The first-order valence-electron chi connectivity index (χ1n) is 6.91. The number of aromatic amines is 1. The van der Waals surface area contributed by atoms with Gasteiger partial charge in [-0.2, -0.15) is 0 Å². The van der Waals surface area contributed by atoms with Crippen LogP contribution in [-0.2, 0) is 0 Å². The van der Waals surface area contributed by atoms with Crippen LogP contribution in [0, 0.1) is 5.82 Å². The predicted molar refractivity (Wildman–Crippen MR) is 83.3 cm³/mol. The molecule has 1 aromatic heterocycles. The Bertz CT molecular complexity index is 840. The molecular formula is C17H15FN2O2. The SMILES string of the molecule is CC(O)c1ccccc1NC(=O)c1cc2cc(F)ccc2[nH]1. The molecule has 1 unspecified atom stereocenters. The maximum Gasteiger partial charge on any atom is 0.272 e. The number of carbonyl (C=O) groups excluding carboxylic acids is 1. The second kappa shape index (κ2) is 5.61. The molecule has 112 valence electrons. The molecule has 0 aliphatic heterocycles. The predicted octanol–water partition coefficient (Wildman–Crippen LogP) is 3.61. The Hall–Kier alpha value is -2.66. The Labute approximate surface area is 126 Å². The van der Waals surface area contributed by atoms with Crippen molar-refractivity contribution in [3.8, 4) is 0 Å². The number of anilines is 1. The lowest BCUT2D eigenvalue weighted by molar-refractivity contribution is 0.102. The third kappa shape index (κ3) is 2.71. The maximum atomic E-state index is 13.2. The smallest absolute Gasteiger partial charge is 0.272 e. The van der Waals surface area contributed by atoms with Crippen LogP contribution < -0.4 is 5.32 Å². The van der Waals surface area contributed by atoms with Crippen LogP contribution >= 0.6 is 0 Å². The van der Waals surface area contributed by atoms with Gasteiger partial charge < -0.3 is 15.4 Å². The van der Waals surface area contributed by atoms with E-state index in [-0.39, 0.29) is 11.7 Å². The summed E-state index contributed by atoms with van der Waals surface area (Å²) in [4.78, 5) is 15.3. The molecule has 5 heteroatoms. The van der Waals surface area contributed by atoms with Gasteiger partial charge in [0.15, 0.2) is 0 Å². The van der Waals surface area contributed by atoms with Crippen LogP contribution in [0.15, 0.2) is 48.5 Å². The van der Waals surface area contributed by atoms with E-state index >= 15 is 0 Å². The molecule has 0 spiro atoms. The zero-order valence-corrected chi connectivity index (χ0v) is 11.9. The quantitative estimate of drug-likeness (QED) is 0.691. The number of nitrogens with one attached hydrogen (secondary N) is 2. The van der Waals surface area contributed by atoms with Crippen molar-refractivity contribution in [2.45, 2.75) is 13.0 Å². The van der Waals surface area contributed by atoms with Crippen molar-refractivity contribution in [3.05, 3.63) is 65.6 Å². The van der Waals surface area contributed by atoms with Gasteiger partial charge >= 0.3 is 0 Å². The molecule has 3 aromatic rings. The molecule has 0 saturated heterocycles. The molecule has 22 heavy (non-hydrogen) atoms. The molecule has 0 aliphatic rings. The summed E-state index contributed by atoms with van der Waals surface area (Å²) in [6.45, 7) is 1.64. The Balaban J connectivity index is 1.90. The van der Waals surface area contributed by atoms with E-state index in [2.05, 4.69) is 10.3 Å². The summed E-state index contributed by atoms with van der Waals surface area (Å²) in [5.41, 5.74) is 2.21. The zero-order chi connectivity index (χ0) is 15.7. The first kappa shape index (κ1) is 14.3. The van der Waals surface area contributed by atoms with Crippen molar-refractivity contribution in [2.75, 3.05) is 5.32 Å². The number of H-pyrrole nitrogens is 1. The fourth-order valence-electron chi connectivity index (χ4n) is 2.39. The highest BCUT2D eigenvalue weighted by Crippen LogP contribution is 2.23. The molecule has 1 amide bonds. The van der Waals surface area contributed by atoms with Crippen LogP contribution in [0.4, 0.5) is 10.1 Å². The standard InChI is InChI=1S/C17H15FN2O2/c1-10(21)13-4-2-3-5-15(13)20-17(22)16-9-11-8-12(18)6-7-14(11)19-16/h2-10,19,21H,1H3,(H,20,22). The van der Waals surface area contributed by atoms with Gasteiger partial charge in [-0.15, -0.1) is 0 Å². The number of aromatic nitrogens is 1. The lowest BCUT2D eigenvalue weighted by Gasteiger charge is -2.12. The van der Waals surface area contributed by atoms with E-state index in [1.807, 2.05) is 0 Å². The number of amides is 1. The third-order valence-corrected chi connectivity index (χ3v) is 3.49. The number of fused-ring (bicyclic) bond motifs is 1. The van der Waals surface area contributed by atoms with Gasteiger partial charge in [0, 0.05) is 22.2 Å². The van der Waals surface area contributed by atoms with Crippen molar-refractivity contribution >= 4 is 22.5 Å². The van der Waals surface area contributed by atoms with Gasteiger partial charge in [-0.05, 0) is 37.3 Å². The number of rotatable bonds is 3. The molecule has 0 fully saturated rings. The molecule has 3 N–H and O–H groups in total. The normalized spacial score (nSPS) is 12.3. The topological polar surface area (TPSA) is 65.1 Å². The van der Waals surface area contributed by atoms with Crippen LogP contribution in [0.1, 0.15) is 29.1 Å². The number of halogens is 1. The molecule has 1 atom stereocenters. The van der Waals surface area contributed by atoms with E-state index in [0.717, 1.165) is 0 Å². The Morgan fingerprint density at radius 2 is 2.00 bits per heavy atom. The van der Waals surface area contributed by atoms with Gasteiger partial charge in [-0.3, -0.25) is 4.79 Å². The summed E-state index contributed by atoms with van der Waals surface area (Å²) in [5.74, 6) is -0.692. The van der Waals surface area contributed by atoms with Crippen LogP contribution in [0.3, 0.4) is 0 Å². The lowest BCUT2D eigenvalue weighted by atomic mass is 10.1. The minimum atomic E-state index is -0.687. The second-order valence-electron chi connectivity index (χ2n) is 5.13. The highest BCUT2D eigenvalue weighted by atomic mass is 19.1. The minimum Gasteiger partial charge on any atom is -0.389 e. The van der Waals surface area contributed by atoms with Crippen LogP contribution in [0.25, 0.3) is 10.9 Å². The number of aliphatic hydroxyl groups excluding tert-OH is 1. The minimum absolute atomic E-state index is 0.334. The van der Waals surface area contributed by atoms with E-state index in [1.165, 1.54) is 12.1 Å². The van der Waals surface area contributed by atoms with E-state index in [0.29, 0.717) is 27.8 Å². The Morgan fingerprint density at radius 3 is 2.77 bits per heavy atom. The summed E-state index contributed by atoms with van der Waals surface area (Å²) in [7, 11) is 0. The van der Waals surface area contributed by atoms with E-state index in [4.69, 9.17) is 0 Å². The largest absolute Gasteiger partial charge is 0.389 e. The monoisotopic (exact) mass is 298 g/mol. The van der Waals surface area contributed by atoms with E-state index in [9.17, 15) is 14.3 Å². The molecule has 1 heterocycles. The summed E-state index contributed by atoms with van der Waals surface area (Å²) < 4.78 is 13.2. The van der Waals surface area contributed by atoms with Crippen molar-refractivity contribution in [3.63, 3.8) is 0 Å². The summed E-state index contributed by atoms with van der Waals surface area (Å²) in [6.07, 6.45) is -0.687. The number of hydrogen-bond donors (Lipinski definition) is 3. The van der Waals surface area contributed by atoms with Gasteiger partial charge in [-0.1, -0.05) is 18.2 Å². The fraction of sp³-hybridized carbons (Fsp3) is 0.118. The van der Waals surface area contributed by atoms with E-state index < -0.39 is 6.10 Å². The van der Waals surface area contributed by atoms with Gasteiger partial charge in [-0.25, -0.2) is 4.39 Å². The van der Waals surface area contributed by atoms with Crippen molar-refractivity contribution < 1.29 is 14.3 Å². The maximum absolute atomic E-state index is 13.2. The second-order valence-corrected chi connectivity index (χ2v) is 5.13. The zero-order valence-electron chi connectivity index (χ0n) is 11.9. The first-order chi connectivity index (χ1) is 10.5. The van der Waals surface area contributed by atoms with Gasteiger partial charge in [0.05, 0.1) is 6.10 Å². The Morgan fingerprint density at radius 1 is 1.23 bits per heavy atom. The number of aliphatic hydroxyl groups is 1. The van der Waals surface area contributed by atoms with Crippen LogP contribution in [0.2, 0.25) is 0 Å². The highest BCUT2D eigenvalue weighted by Gasteiger charge is 2.13. The molecule has 0 radical (unpaired) electrons. The van der Waals surface area contributed by atoms with Crippen molar-refractivity contribution in [1.29, 1.82) is 0 Å². The molecule has 3 rings (SSSR count). The number of hydrogen-bond acceptors (Lipinski definition) is 2. The van der Waals surface area contributed by atoms with Crippen molar-refractivity contribution in [1.82, 2.24) is 4.98 Å². The summed E-state index contributed by atoms with van der Waals surface area (Å²) in [6, 6.07) is 12.9. The van der Waals surface area contributed by atoms with Crippen LogP contribution in [0.5, 0.6) is 0 Å². The number of para-hydroxylation sites is 1. The van der Waals surface area contributed by atoms with Crippen LogP contribution in [-0.4, -0.2) is 16.0 Å². The summed E-state index contributed by atoms with van der Waals surface area (Å²) in [5, 5.41) is 13.1. The van der Waals surface area contributed by atoms with E-state index in [1.54, 1.807) is 43.3 Å².